The first-order chi connectivity index (χ1) is 9.76. The molecule has 0 spiro atoms. The van der Waals surface area contributed by atoms with Gasteiger partial charge in [-0.3, -0.25) is 0 Å². The number of hydrogen-bond acceptors (Lipinski definition) is 4. The Morgan fingerprint density at radius 2 is 2.25 bits per heavy atom. The number of pyridine rings is 1. The van der Waals surface area contributed by atoms with Crippen molar-refractivity contribution in [2.45, 2.75) is 13.0 Å². The number of alkyl halides is 1. The van der Waals surface area contributed by atoms with Crippen LogP contribution in [0, 0.1) is 6.92 Å². The maximum atomic E-state index is 12.7. The molecule has 1 fully saturated rings. The molecule has 0 aliphatic carbocycles. The fourth-order valence-electron chi connectivity index (χ4n) is 2.27. The van der Waals surface area contributed by atoms with Crippen molar-refractivity contribution in [3.8, 4) is 5.82 Å². The van der Waals surface area contributed by atoms with Gasteiger partial charge in [-0.2, -0.15) is 5.10 Å². The molecule has 1 saturated heterocycles. The molecule has 1 aliphatic rings. The highest BCUT2D eigenvalue weighted by molar-refractivity contribution is 5.43. The highest BCUT2D eigenvalue weighted by Gasteiger charge is 2.21. The second kappa shape index (κ2) is 5.58. The summed E-state index contributed by atoms with van der Waals surface area (Å²) in [5.41, 5.74) is 1.08. The average molecular weight is 276 g/mol. The molecule has 0 N–H and O–H groups in total. The average Bonchev–Trinajstić information content (AvgIpc) is 2.94. The molecule has 106 valence electrons. The van der Waals surface area contributed by atoms with Crippen molar-refractivity contribution in [3.05, 3.63) is 36.2 Å². The zero-order valence-corrected chi connectivity index (χ0v) is 11.4. The van der Waals surface area contributed by atoms with Crippen molar-refractivity contribution < 1.29 is 9.13 Å². The minimum Gasteiger partial charge on any atom is -0.372 e. The van der Waals surface area contributed by atoms with E-state index in [0.29, 0.717) is 13.2 Å². The molecule has 20 heavy (non-hydrogen) atoms. The predicted octanol–water partition coefficient (Wildman–Crippen LogP) is 1.75. The van der Waals surface area contributed by atoms with Crippen LogP contribution in [0.1, 0.15) is 5.56 Å². The Balaban J connectivity index is 1.84. The summed E-state index contributed by atoms with van der Waals surface area (Å²) in [6, 6.07) is 5.78. The van der Waals surface area contributed by atoms with Crippen molar-refractivity contribution in [2.24, 2.45) is 0 Å². The lowest BCUT2D eigenvalue weighted by molar-refractivity contribution is 0.0245. The van der Waals surface area contributed by atoms with E-state index in [1.165, 1.54) is 0 Å². The van der Waals surface area contributed by atoms with Crippen LogP contribution in [-0.2, 0) is 4.74 Å². The van der Waals surface area contributed by atoms with Gasteiger partial charge in [0.25, 0.3) is 0 Å². The van der Waals surface area contributed by atoms with Crippen molar-refractivity contribution in [2.75, 3.05) is 31.3 Å². The lowest BCUT2D eigenvalue weighted by Crippen LogP contribution is -2.43. The number of aromatic nitrogens is 3. The van der Waals surface area contributed by atoms with Crippen LogP contribution in [0.15, 0.2) is 30.6 Å². The third kappa shape index (κ3) is 2.65. The summed E-state index contributed by atoms with van der Waals surface area (Å²) in [4.78, 5) is 6.65. The van der Waals surface area contributed by atoms with E-state index in [9.17, 15) is 4.39 Å². The zero-order chi connectivity index (χ0) is 13.9. The smallest absolute Gasteiger partial charge is 0.155 e. The Hall–Kier alpha value is -1.95. The van der Waals surface area contributed by atoms with Crippen molar-refractivity contribution >= 4 is 5.82 Å². The van der Waals surface area contributed by atoms with E-state index >= 15 is 0 Å². The number of halogens is 1. The SMILES string of the molecule is Cc1cnn(-c2cccc(N3CCOC(CF)C3)n2)c1. The van der Waals surface area contributed by atoms with Gasteiger partial charge in [0.1, 0.15) is 18.6 Å². The number of rotatable bonds is 3. The quantitative estimate of drug-likeness (QED) is 0.856. The first-order valence-corrected chi connectivity index (χ1v) is 6.67. The molecule has 5 nitrogen and oxygen atoms in total. The topological polar surface area (TPSA) is 43.2 Å². The van der Waals surface area contributed by atoms with Gasteiger partial charge in [-0.1, -0.05) is 6.07 Å². The number of anilines is 1. The van der Waals surface area contributed by atoms with Crippen LogP contribution in [0.4, 0.5) is 10.2 Å². The van der Waals surface area contributed by atoms with Gasteiger partial charge in [-0.15, -0.1) is 0 Å². The van der Waals surface area contributed by atoms with E-state index in [4.69, 9.17) is 4.74 Å². The molecule has 1 aliphatic heterocycles. The molecule has 0 amide bonds. The van der Waals surface area contributed by atoms with Crippen molar-refractivity contribution in [1.29, 1.82) is 0 Å². The lowest BCUT2D eigenvalue weighted by Gasteiger charge is -2.32. The van der Waals surface area contributed by atoms with Crippen LogP contribution < -0.4 is 4.90 Å². The summed E-state index contributed by atoms with van der Waals surface area (Å²) in [7, 11) is 0. The molecule has 0 bridgehead atoms. The molecule has 1 unspecified atom stereocenters. The van der Waals surface area contributed by atoms with Gasteiger partial charge in [-0.05, 0) is 24.6 Å². The molecule has 1 atom stereocenters. The number of aryl methyl sites for hydroxylation is 1. The van der Waals surface area contributed by atoms with E-state index in [-0.39, 0.29) is 6.10 Å². The molecule has 0 aromatic carbocycles. The van der Waals surface area contributed by atoms with Crippen LogP contribution >= 0.6 is 0 Å². The van der Waals surface area contributed by atoms with Gasteiger partial charge >= 0.3 is 0 Å². The highest BCUT2D eigenvalue weighted by atomic mass is 19.1. The second-order valence-corrected chi connectivity index (χ2v) is 4.91. The minimum atomic E-state index is -0.464. The minimum absolute atomic E-state index is 0.360. The lowest BCUT2D eigenvalue weighted by atomic mass is 10.3. The fraction of sp³-hybridized carbons (Fsp3) is 0.429. The Morgan fingerprint density at radius 3 is 3.00 bits per heavy atom. The second-order valence-electron chi connectivity index (χ2n) is 4.91. The summed E-state index contributed by atoms with van der Waals surface area (Å²) in [6.07, 6.45) is 3.36. The van der Waals surface area contributed by atoms with Gasteiger partial charge in [0.05, 0.1) is 12.8 Å². The Morgan fingerprint density at radius 1 is 1.40 bits per heavy atom. The van der Waals surface area contributed by atoms with E-state index in [0.717, 1.165) is 23.7 Å². The van der Waals surface area contributed by atoms with E-state index in [1.54, 1.807) is 10.9 Å². The summed E-state index contributed by atoms with van der Waals surface area (Å²) >= 11 is 0. The van der Waals surface area contributed by atoms with Crippen LogP contribution in [0.25, 0.3) is 5.82 Å². The maximum absolute atomic E-state index is 12.7. The largest absolute Gasteiger partial charge is 0.372 e. The molecule has 2 aromatic heterocycles. The molecular formula is C14H17FN4O. The Kier molecular flexibility index (Phi) is 3.64. The van der Waals surface area contributed by atoms with Crippen LogP contribution in [0.3, 0.4) is 0 Å². The Labute approximate surface area is 117 Å². The van der Waals surface area contributed by atoms with Gasteiger partial charge in [0.2, 0.25) is 0 Å². The van der Waals surface area contributed by atoms with Gasteiger partial charge in [0.15, 0.2) is 5.82 Å². The third-order valence-electron chi connectivity index (χ3n) is 3.30. The Bertz CT molecular complexity index is 586. The number of ether oxygens (including phenoxy) is 1. The standard InChI is InChI=1S/C14H17FN4O/c1-11-8-16-19(9-11)14-4-2-3-13(17-14)18-5-6-20-12(7-15)10-18/h2-4,8-9,12H,5-7,10H2,1H3. The highest BCUT2D eigenvalue weighted by Crippen LogP contribution is 2.17. The summed E-state index contributed by atoms with van der Waals surface area (Å²) in [5, 5.41) is 4.25. The van der Waals surface area contributed by atoms with Crippen molar-refractivity contribution in [3.63, 3.8) is 0 Å². The normalized spacial score (nSPS) is 19.3. The first kappa shape index (κ1) is 13.1. The maximum Gasteiger partial charge on any atom is 0.155 e. The number of hydrogen-bond donors (Lipinski definition) is 0. The summed E-state index contributed by atoms with van der Waals surface area (Å²) in [5.74, 6) is 1.59. The molecule has 3 rings (SSSR count). The molecular weight excluding hydrogens is 259 g/mol. The van der Waals surface area contributed by atoms with E-state index in [1.807, 2.05) is 36.2 Å². The molecule has 2 aromatic rings. The molecule has 3 heterocycles. The monoisotopic (exact) mass is 276 g/mol. The summed E-state index contributed by atoms with van der Waals surface area (Å²) < 4.78 is 19.8. The fourth-order valence-corrected chi connectivity index (χ4v) is 2.27. The van der Waals surface area contributed by atoms with Gasteiger partial charge < -0.3 is 9.64 Å². The van der Waals surface area contributed by atoms with Crippen LogP contribution in [0.5, 0.6) is 0 Å². The number of morpholine rings is 1. The first-order valence-electron chi connectivity index (χ1n) is 6.67. The summed E-state index contributed by atoms with van der Waals surface area (Å²) in [6.45, 7) is 3.31. The van der Waals surface area contributed by atoms with Crippen LogP contribution in [0.2, 0.25) is 0 Å². The van der Waals surface area contributed by atoms with Crippen LogP contribution in [-0.4, -0.2) is 47.2 Å². The van der Waals surface area contributed by atoms with Gasteiger partial charge in [0, 0.05) is 19.3 Å². The molecule has 6 heteroatoms. The van der Waals surface area contributed by atoms with E-state index in [2.05, 4.69) is 10.1 Å². The molecule has 0 saturated carbocycles. The number of nitrogens with zero attached hydrogens (tertiary/aromatic N) is 4. The van der Waals surface area contributed by atoms with Gasteiger partial charge in [-0.25, -0.2) is 14.1 Å². The predicted molar refractivity (Wildman–Crippen MR) is 74.0 cm³/mol. The van der Waals surface area contributed by atoms with E-state index < -0.39 is 6.67 Å². The molecule has 0 radical (unpaired) electrons. The zero-order valence-electron chi connectivity index (χ0n) is 11.4. The van der Waals surface area contributed by atoms with Crippen molar-refractivity contribution in [1.82, 2.24) is 14.8 Å². The third-order valence-corrected chi connectivity index (χ3v) is 3.30.